The van der Waals surface area contributed by atoms with Gasteiger partial charge in [0, 0.05) is 31.7 Å². The van der Waals surface area contributed by atoms with Crippen LogP contribution < -0.4 is 10.1 Å². The number of hydrogen-bond acceptors (Lipinski definition) is 4. The molecule has 3 rings (SSSR count). The van der Waals surface area contributed by atoms with Crippen molar-refractivity contribution in [2.45, 2.75) is 6.04 Å². The van der Waals surface area contributed by atoms with Crippen molar-refractivity contribution in [1.82, 2.24) is 10.2 Å². The molecule has 0 aliphatic carbocycles. The van der Waals surface area contributed by atoms with E-state index in [2.05, 4.69) is 22.3 Å². The van der Waals surface area contributed by atoms with E-state index in [4.69, 9.17) is 9.15 Å². The molecule has 1 atom stereocenters. The van der Waals surface area contributed by atoms with Crippen LogP contribution in [0.5, 0.6) is 5.75 Å². The first-order chi connectivity index (χ1) is 9.90. The van der Waals surface area contributed by atoms with E-state index in [-0.39, 0.29) is 6.04 Å². The third-order valence-corrected chi connectivity index (χ3v) is 3.76. The smallest absolute Gasteiger partial charge is 0.125 e. The van der Waals surface area contributed by atoms with Gasteiger partial charge in [-0.05, 0) is 18.2 Å². The Morgan fingerprint density at radius 2 is 1.95 bits per heavy atom. The van der Waals surface area contributed by atoms with Crippen molar-refractivity contribution in [2.24, 2.45) is 0 Å². The van der Waals surface area contributed by atoms with E-state index in [9.17, 15) is 0 Å². The molecule has 4 nitrogen and oxygen atoms in total. The van der Waals surface area contributed by atoms with Gasteiger partial charge in [-0.1, -0.05) is 18.2 Å². The van der Waals surface area contributed by atoms with E-state index in [1.165, 1.54) is 0 Å². The Balaban J connectivity index is 2.00. The van der Waals surface area contributed by atoms with Crippen molar-refractivity contribution >= 4 is 0 Å². The molecule has 20 heavy (non-hydrogen) atoms. The topological polar surface area (TPSA) is 37.6 Å². The lowest BCUT2D eigenvalue weighted by atomic mass is 10.0. The number of nitrogens with one attached hydrogen (secondary N) is 1. The minimum absolute atomic E-state index is 0.114. The zero-order valence-electron chi connectivity index (χ0n) is 11.7. The molecule has 0 spiro atoms. The molecule has 0 saturated carbocycles. The van der Waals surface area contributed by atoms with E-state index in [1.54, 1.807) is 13.4 Å². The van der Waals surface area contributed by atoms with Crippen molar-refractivity contribution in [3.8, 4) is 5.75 Å². The molecular weight excluding hydrogens is 252 g/mol. The molecule has 2 aromatic rings. The quantitative estimate of drug-likeness (QED) is 0.926. The number of ether oxygens (including phenoxy) is 1. The van der Waals surface area contributed by atoms with Gasteiger partial charge < -0.3 is 14.5 Å². The van der Waals surface area contributed by atoms with Crippen LogP contribution in [0.3, 0.4) is 0 Å². The van der Waals surface area contributed by atoms with Gasteiger partial charge in [-0.15, -0.1) is 0 Å². The molecule has 0 radical (unpaired) electrons. The monoisotopic (exact) mass is 272 g/mol. The van der Waals surface area contributed by atoms with Crippen LogP contribution in [-0.4, -0.2) is 38.2 Å². The van der Waals surface area contributed by atoms with E-state index in [1.807, 2.05) is 24.3 Å². The van der Waals surface area contributed by atoms with Gasteiger partial charge in [0.2, 0.25) is 0 Å². The molecule has 2 heterocycles. The maximum Gasteiger partial charge on any atom is 0.125 e. The number of para-hydroxylation sites is 1. The van der Waals surface area contributed by atoms with Gasteiger partial charge in [-0.2, -0.15) is 0 Å². The largest absolute Gasteiger partial charge is 0.496 e. The summed E-state index contributed by atoms with van der Waals surface area (Å²) in [7, 11) is 1.72. The first-order valence-corrected chi connectivity index (χ1v) is 7.01. The molecule has 106 valence electrons. The Morgan fingerprint density at radius 1 is 1.15 bits per heavy atom. The average molecular weight is 272 g/mol. The summed E-state index contributed by atoms with van der Waals surface area (Å²) in [6.45, 7) is 4.02. The maximum atomic E-state index is 5.69. The Morgan fingerprint density at radius 3 is 2.65 bits per heavy atom. The second-order valence-electron chi connectivity index (χ2n) is 4.95. The lowest BCUT2D eigenvalue weighted by molar-refractivity contribution is 0.177. The van der Waals surface area contributed by atoms with E-state index in [0.29, 0.717) is 0 Å². The van der Waals surface area contributed by atoms with Crippen molar-refractivity contribution < 1.29 is 9.15 Å². The summed E-state index contributed by atoms with van der Waals surface area (Å²) >= 11 is 0. The molecule has 4 heteroatoms. The summed E-state index contributed by atoms with van der Waals surface area (Å²) in [5.41, 5.74) is 1.16. The van der Waals surface area contributed by atoms with Gasteiger partial charge in [0.05, 0.1) is 19.4 Å². The highest BCUT2D eigenvalue weighted by atomic mass is 16.5. The normalized spacial score (nSPS) is 17.9. The predicted octanol–water partition coefficient (Wildman–Crippen LogP) is 2.28. The third kappa shape index (κ3) is 2.57. The van der Waals surface area contributed by atoms with Crippen LogP contribution in [0, 0.1) is 0 Å². The van der Waals surface area contributed by atoms with E-state index >= 15 is 0 Å². The van der Waals surface area contributed by atoms with Crippen molar-refractivity contribution in [1.29, 1.82) is 0 Å². The first-order valence-electron chi connectivity index (χ1n) is 7.01. The average Bonchev–Trinajstić information content (AvgIpc) is 3.03. The molecule has 1 fully saturated rings. The second kappa shape index (κ2) is 6.11. The Kier molecular flexibility index (Phi) is 4.04. The van der Waals surface area contributed by atoms with Gasteiger partial charge in [0.25, 0.3) is 0 Å². The predicted molar refractivity (Wildman–Crippen MR) is 78.0 cm³/mol. The zero-order valence-corrected chi connectivity index (χ0v) is 11.7. The van der Waals surface area contributed by atoms with Crippen LogP contribution in [0.25, 0.3) is 0 Å². The fraction of sp³-hybridized carbons (Fsp3) is 0.375. The summed E-state index contributed by atoms with van der Waals surface area (Å²) in [5, 5.41) is 3.39. The van der Waals surface area contributed by atoms with Crippen molar-refractivity contribution in [3.63, 3.8) is 0 Å². The Hall–Kier alpha value is -1.78. The fourth-order valence-electron chi connectivity index (χ4n) is 2.81. The lowest BCUT2D eigenvalue weighted by Gasteiger charge is -2.34. The molecule has 1 aliphatic heterocycles. The molecule has 1 saturated heterocycles. The SMILES string of the molecule is COc1ccccc1C(c1ccco1)N1CCNCC1. The summed E-state index contributed by atoms with van der Waals surface area (Å²) in [5.74, 6) is 1.88. The molecule has 1 N–H and O–H groups in total. The number of nitrogens with zero attached hydrogens (tertiary/aromatic N) is 1. The molecule has 1 aromatic heterocycles. The van der Waals surface area contributed by atoms with E-state index < -0.39 is 0 Å². The third-order valence-electron chi connectivity index (χ3n) is 3.76. The molecule has 1 aliphatic rings. The lowest BCUT2D eigenvalue weighted by Crippen LogP contribution is -2.45. The highest BCUT2D eigenvalue weighted by molar-refractivity contribution is 5.39. The number of furan rings is 1. The molecular formula is C16H20N2O2. The zero-order chi connectivity index (χ0) is 13.8. The summed E-state index contributed by atoms with van der Waals surface area (Å²) in [6.07, 6.45) is 1.74. The van der Waals surface area contributed by atoms with Gasteiger partial charge in [0.1, 0.15) is 11.5 Å². The molecule has 1 unspecified atom stereocenters. The number of benzene rings is 1. The van der Waals surface area contributed by atoms with Crippen LogP contribution in [0.4, 0.5) is 0 Å². The minimum Gasteiger partial charge on any atom is -0.496 e. The standard InChI is InChI=1S/C16H20N2O2/c1-19-14-6-3-2-5-13(14)16(15-7-4-12-20-15)18-10-8-17-9-11-18/h2-7,12,16-17H,8-11H2,1H3. The van der Waals surface area contributed by atoms with Crippen LogP contribution in [0.2, 0.25) is 0 Å². The van der Waals surface area contributed by atoms with Crippen LogP contribution in [0.15, 0.2) is 47.1 Å². The highest BCUT2D eigenvalue weighted by Crippen LogP contribution is 2.34. The fourth-order valence-corrected chi connectivity index (χ4v) is 2.81. The first kappa shape index (κ1) is 13.2. The van der Waals surface area contributed by atoms with Gasteiger partial charge in [-0.25, -0.2) is 0 Å². The highest BCUT2D eigenvalue weighted by Gasteiger charge is 2.28. The second-order valence-corrected chi connectivity index (χ2v) is 4.95. The number of rotatable bonds is 4. The molecule has 0 amide bonds. The summed E-state index contributed by atoms with van der Waals surface area (Å²) in [6, 6.07) is 12.3. The maximum absolute atomic E-state index is 5.69. The van der Waals surface area contributed by atoms with Gasteiger partial charge in [-0.3, -0.25) is 4.90 Å². The van der Waals surface area contributed by atoms with E-state index in [0.717, 1.165) is 43.3 Å². The number of hydrogen-bond donors (Lipinski definition) is 1. The number of methoxy groups -OCH3 is 1. The minimum atomic E-state index is 0.114. The van der Waals surface area contributed by atoms with Crippen molar-refractivity contribution in [2.75, 3.05) is 33.3 Å². The van der Waals surface area contributed by atoms with Crippen LogP contribution in [0.1, 0.15) is 17.4 Å². The number of piperazine rings is 1. The summed E-state index contributed by atoms with van der Waals surface area (Å²) < 4.78 is 11.2. The van der Waals surface area contributed by atoms with Gasteiger partial charge >= 0.3 is 0 Å². The molecule has 1 aromatic carbocycles. The van der Waals surface area contributed by atoms with Gasteiger partial charge in [0.15, 0.2) is 0 Å². The van der Waals surface area contributed by atoms with Crippen LogP contribution >= 0.6 is 0 Å². The Bertz CT molecular complexity index is 533. The van der Waals surface area contributed by atoms with Crippen LogP contribution in [-0.2, 0) is 0 Å². The Labute approximate surface area is 119 Å². The van der Waals surface area contributed by atoms with Crippen molar-refractivity contribution in [3.05, 3.63) is 54.0 Å². The molecule has 0 bridgehead atoms. The summed E-state index contributed by atoms with van der Waals surface area (Å²) in [4.78, 5) is 2.44.